The lowest BCUT2D eigenvalue weighted by molar-refractivity contribution is 0.100. The van der Waals surface area contributed by atoms with E-state index in [-0.39, 0.29) is 16.9 Å². The summed E-state index contributed by atoms with van der Waals surface area (Å²) >= 11 is 1.34. The van der Waals surface area contributed by atoms with Gasteiger partial charge in [-0.3, -0.25) is 4.79 Å². The number of primary amides is 1. The van der Waals surface area contributed by atoms with Gasteiger partial charge in [-0.25, -0.2) is 4.98 Å². The quantitative estimate of drug-likeness (QED) is 0.433. The van der Waals surface area contributed by atoms with Crippen molar-refractivity contribution in [3.8, 4) is 17.2 Å². The summed E-state index contributed by atoms with van der Waals surface area (Å²) in [4.78, 5) is 16.7. The Hall–Kier alpha value is -3.89. The first-order valence-electron chi connectivity index (χ1n) is 9.40. The number of hydrogen-bond acceptors (Lipinski definition) is 6. The minimum absolute atomic E-state index is 0.0722. The fraction of sp³-hybridized carbons (Fsp3) is 0.0870. The molecule has 0 aliphatic heterocycles. The smallest absolute Gasteiger partial charge is 0.253 e. The third kappa shape index (κ3) is 3.34. The number of aromatic nitrogens is 1. The molecule has 0 aliphatic rings. The van der Waals surface area contributed by atoms with Crippen molar-refractivity contribution in [2.75, 3.05) is 11.1 Å². The molecule has 0 saturated carbocycles. The van der Waals surface area contributed by atoms with E-state index >= 15 is 0 Å². The number of benzene rings is 2. The van der Waals surface area contributed by atoms with E-state index < -0.39 is 5.91 Å². The first-order chi connectivity index (χ1) is 14.5. The maximum absolute atomic E-state index is 12.3. The van der Waals surface area contributed by atoms with Crippen molar-refractivity contribution in [2.24, 2.45) is 5.73 Å². The molecule has 0 aliphatic carbocycles. The van der Waals surface area contributed by atoms with Gasteiger partial charge in [0.25, 0.3) is 5.91 Å². The number of pyridine rings is 1. The summed E-state index contributed by atoms with van der Waals surface area (Å²) in [6.45, 7) is 2.09. The topological polar surface area (TPSA) is 118 Å². The molecule has 6 nitrogen and oxygen atoms in total. The van der Waals surface area contributed by atoms with E-state index in [4.69, 9.17) is 11.5 Å². The summed E-state index contributed by atoms with van der Waals surface area (Å²) in [5, 5.41) is 13.6. The molecule has 4 aromatic rings. The van der Waals surface area contributed by atoms with E-state index in [9.17, 15) is 10.1 Å². The number of nitrogens with one attached hydrogen (secondary N) is 1. The van der Waals surface area contributed by atoms with Gasteiger partial charge in [-0.15, -0.1) is 11.3 Å². The Morgan fingerprint density at radius 3 is 2.47 bits per heavy atom. The average molecular weight is 414 g/mol. The standard InChI is InChI=1S/C23H19N5OS/c1-2-13-8-10-15(11-9-13)27-23-18(22(26)29)19-20(30-23)17(14-6-4-3-5-7-14)16(12-24)21(25)28-19/h3-11,27H,2H2,1H3,(H2,25,28)(H2,26,29). The Bertz CT molecular complexity index is 1290. The molecule has 4 rings (SSSR count). The largest absolute Gasteiger partial charge is 0.383 e. The van der Waals surface area contributed by atoms with Gasteiger partial charge in [0, 0.05) is 11.3 Å². The number of hydrogen-bond donors (Lipinski definition) is 3. The van der Waals surface area contributed by atoms with E-state index in [0.717, 1.165) is 17.7 Å². The maximum Gasteiger partial charge on any atom is 0.253 e. The van der Waals surface area contributed by atoms with Gasteiger partial charge in [-0.1, -0.05) is 49.4 Å². The summed E-state index contributed by atoms with van der Waals surface area (Å²) in [6.07, 6.45) is 0.941. The molecule has 2 aromatic carbocycles. The van der Waals surface area contributed by atoms with Crippen molar-refractivity contribution in [3.63, 3.8) is 0 Å². The number of fused-ring (bicyclic) bond motifs is 1. The second-order valence-electron chi connectivity index (χ2n) is 6.75. The van der Waals surface area contributed by atoms with E-state index in [2.05, 4.69) is 23.3 Å². The molecule has 0 saturated heterocycles. The number of nitrogens with zero attached hydrogens (tertiary/aromatic N) is 2. The third-order valence-corrected chi connectivity index (χ3v) is 6.00. The zero-order chi connectivity index (χ0) is 21.3. The Labute approximate surface area is 177 Å². The summed E-state index contributed by atoms with van der Waals surface area (Å²) in [6, 6.07) is 19.6. The van der Waals surface area contributed by atoms with Crippen LogP contribution in [0.1, 0.15) is 28.4 Å². The predicted molar refractivity (Wildman–Crippen MR) is 122 cm³/mol. The zero-order valence-electron chi connectivity index (χ0n) is 16.3. The molecule has 0 unspecified atom stereocenters. The summed E-state index contributed by atoms with van der Waals surface area (Å²) in [5.41, 5.74) is 16.3. The Balaban J connectivity index is 1.97. The van der Waals surface area contributed by atoms with Gasteiger partial charge in [0.2, 0.25) is 0 Å². The lowest BCUT2D eigenvalue weighted by atomic mass is 10.00. The van der Waals surface area contributed by atoms with Gasteiger partial charge >= 0.3 is 0 Å². The van der Waals surface area contributed by atoms with Crippen LogP contribution in [0, 0.1) is 11.3 Å². The van der Waals surface area contributed by atoms with Gasteiger partial charge in [-0.05, 0) is 29.7 Å². The van der Waals surface area contributed by atoms with Crippen LogP contribution < -0.4 is 16.8 Å². The molecule has 7 heteroatoms. The number of carbonyl (C=O) groups excluding carboxylic acids is 1. The highest BCUT2D eigenvalue weighted by Crippen LogP contribution is 2.44. The van der Waals surface area contributed by atoms with E-state index in [0.29, 0.717) is 20.8 Å². The zero-order valence-corrected chi connectivity index (χ0v) is 17.1. The molecule has 30 heavy (non-hydrogen) atoms. The number of anilines is 3. The van der Waals surface area contributed by atoms with E-state index in [1.165, 1.54) is 16.9 Å². The molecule has 0 bridgehead atoms. The van der Waals surface area contributed by atoms with Crippen molar-refractivity contribution in [1.29, 1.82) is 5.26 Å². The van der Waals surface area contributed by atoms with Crippen molar-refractivity contribution < 1.29 is 4.79 Å². The summed E-state index contributed by atoms with van der Waals surface area (Å²) in [7, 11) is 0. The number of aryl methyl sites for hydroxylation is 1. The van der Waals surface area contributed by atoms with Gasteiger partial charge in [-0.2, -0.15) is 5.26 Å². The fourth-order valence-electron chi connectivity index (χ4n) is 3.38. The van der Waals surface area contributed by atoms with Crippen LogP contribution in [0.3, 0.4) is 0 Å². The second-order valence-corrected chi connectivity index (χ2v) is 7.77. The van der Waals surface area contributed by atoms with Crippen molar-refractivity contribution in [3.05, 3.63) is 71.3 Å². The lowest BCUT2D eigenvalue weighted by Gasteiger charge is -2.08. The molecule has 5 N–H and O–H groups in total. The number of carbonyl (C=O) groups is 1. The molecule has 2 heterocycles. The SMILES string of the molecule is CCc1ccc(Nc2sc3c(-c4ccccc4)c(C#N)c(N)nc3c2C(N)=O)cc1. The minimum Gasteiger partial charge on any atom is -0.383 e. The molecular formula is C23H19N5OS. The first kappa shape index (κ1) is 19.4. The van der Waals surface area contributed by atoms with Crippen LogP contribution in [0.15, 0.2) is 54.6 Å². The first-order valence-corrected chi connectivity index (χ1v) is 10.2. The van der Waals surface area contributed by atoms with Crippen LogP contribution in [-0.4, -0.2) is 10.9 Å². The number of rotatable bonds is 5. The molecular weight excluding hydrogens is 394 g/mol. The van der Waals surface area contributed by atoms with E-state index in [1.54, 1.807) is 0 Å². The highest BCUT2D eigenvalue weighted by Gasteiger charge is 2.24. The highest BCUT2D eigenvalue weighted by atomic mass is 32.1. The summed E-state index contributed by atoms with van der Waals surface area (Å²) in [5.74, 6) is -0.535. The number of nitrogen functional groups attached to an aromatic ring is 1. The van der Waals surface area contributed by atoms with Crippen LogP contribution in [0.4, 0.5) is 16.5 Å². The number of nitriles is 1. The molecule has 148 valence electrons. The fourth-order valence-corrected chi connectivity index (χ4v) is 4.62. The van der Waals surface area contributed by atoms with Gasteiger partial charge in [0.15, 0.2) is 0 Å². The van der Waals surface area contributed by atoms with Crippen molar-refractivity contribution in [1.82, 2.24) is 4.98 Å². The molecule has 0 spiro atoms. The number of thiophene rings is 1. The summed E-state index contributed by atoms with van der Waals surface area (Å²) < 4.78 is 0.688. The van der Waals surface area contributed by atoms with Gasteiger partial charge in [0.1, 0.15) is 28.0 Å². The molecule has 1 amide bonds. The molecule has 2 aromatic heterocycles. The molecule has 0 radical (unpaired) electrons. The Morgan fingerprint density at radius 2 is 1.87 bits per heavy atom. The Morgan fingerprint density at radius 1 is 1.17 bits per heavy atom. The lowest BCUT2D eigenvalue weighted by Crippen LogP contribution is -2.13. The Kier molecular flexibility index (Phi) is 5.09. The molecule has 0 atom stereocenters. The minimum atomic E-state index is -0.607. The van der Waals surface area contributed by atoms with Gasteiger partial charge < -0.3 is 16.8 Å². The van der Waals surface area contributed by atoms with Crippen LogP contribution in [-0.2, 0) is 6.42 Å². The predicted octanol–water partition coefficient (Wildman–Crippen LogP) is 4.82. The van der Waals surface area contributed by atoms with Crippen LogP contribution in [0.2, 0.25) is 0 Å². The van der Waals surface area contributed by atoms with Crippen LogP contribution >= 0.6 is 11.3 Å². The van der Waals surface area contributed by atoms with Crippen LogP contribution in [0.25, 0.3) is 21.3 Å². The van der Waals surface area contributed by atoms with Crippen molar-refractivity contribution >= 4 is 44.0 Å². The number of nitrogens with two attached hydrogens (primary N) is 2. The third-order valence-electron chi connectivity index (χ3n) is 4.89. The van der Waals surface area contributed by atoms with Crippen molar-refractivity contribution in [2.45, 2.75) is 13.3 Å². The highest BCUT2D eigenvalue weighted by molar-refractivity contribution is 7.24. The van der Waals surface area contributed by atoms with E-state index in [1.807, 2.05) is 54.6 Å². The maximum atomic E-state index is 12.3. The van der Waals surface area contributed by atoms with Gasteiger partial charge in [0.05, 0.1) is 10.2 Å². The van der Waals surface area contributed by atoms with Crippen LogP contribution in [0.5, 0.6) is 0 Å². The second kappa shape index (κ2) is 7.85. The average Bonchev–Trinajstić information content (AvgIpc) is 3.11. The molecule has 0 fully saturated rings. The normalized spacial score (nSPS) is 10.7. The monoisotopic (exact) mass is 413 g/mol. The number of amides is 1.